The lowest BCUT2D eigenvalue weighted by molar-refractivity contribution is 0.0272. The second-order valence-electron chi connectivity index (χ2n) is 7.30. The van der Waals surface area contributed by atoms with Crippen LogP contribution in [0.1, 0.15) is 43.6 Å². The molecule has 2 nitrogen and oxygen atoms in total. The molecule has 0 spiro atoms. The fourth-order valence-corrected chi connectivity index (χ4v) is 4.99. The molecule has 2 aliphatic carbocycles. The lowest BCUT2D eigenvalue weighted by Crippen LogP contribution is -2.58. The first-order valence-electron chi connectivity index (χ1n) is 9.07. The summed E-state index contributed by atoms with van der Waals surface area (Å²) in [6.45, 7) is 2.67. The van der Waals surface area contributed by atoms with E-state index in [0.29, 0.717) is 12.0 Å². The molecular weight excluding hydrogens is 306 g/mol. The minimum absolute atomic E-state index is 0.615. The zero-order chi connectivity index (χ0) is 15.6. The molecule has 124 valence electrons. The first-order chi connectivity index (χ1) is 11.3. The summed E-state index contributed by atoms with van der Waals surface area (Å²) in [6, 6.07) is 9.16. The number of benzene rings is 1. The van der Waals surface area contributed by atoms with Crippen LogP contribution in [-0.2, 0) is 4.74 Å². The summed E-state index contributed by atoms with van der Waals surface area (Å²) in [6.07, 6.45) is 9.00. The Kier molecular flexibility index (Phi) is 4.75. The maximum atomic E-state index is 6.08. The van der Waals surface area contributed by atoms with Crippen LogP contribution in [0.3, 0.4) is 0 Å². The third kappa shape index (κ3) is 3.22. The lowest BCUT2D eigenvalue weighted by Gasteiger charge is -2.55. The zero-order valence-corrected chi connectivity index (χ0v) is 14.4. The van der Waals surface area contributed by atoms with Gasteiger partial charge in [-0.05, 0) is 54.4 Å². The minimum Gasteiger partial charge on any atom is -0.377 e. The van der Waals surface area contributed by atoms with Crippen molar-refractivity contribution in [2.75, 3.05) is 19.8 Å². The van der Waals surface area contributed by atoms with Crippen LogP contribution in [0.15, 0.2) is 35.9 Å². The van der Waals surface area contributed by atoms with Gasteiger partial charge >= 0.3 is 0 Å². The third-order valence-electron chi connectivity index (χ3n) is 5.99. The van der Waals surface area contributed by atoms with E-state index in [1.165, 1.54) is 36.8 Å². The topological polar surface area (TPSA) is 21.3 Å². The highest BCUT2D eigenvalue weighted by Gasteiger charge is 2.50. The van der Waals surface area contributed by atoms with Crippen LogP contribution in [-0.4, -0.2) is 25.8 Å². The summed E-state index contributed by atoms with van der Waals surface area (Å²) in [5.41, 5.74) is 2.88. The van der Waals surface area contributed by atoms with Crippen LogP contribution in [0.4, 0.5) is 0 Å². The van der Waals surface area contributed by atoms with Crippen molar-refractivity contribution < 1.29 is 4.74 Å². The molecule has 0 bridgehead atoms. The molecule has 0 saturated heterocycles. The second kappa shape index (κ2) is 6.96. The standard InChI is InChI=1S/C20H26ClNO/c21-16-9-7-15(8-10-16)19-17-5-1-2-6-18(17)20(19)22-12-14-4-3-11-23-13-14/h4,7-10,17-20,22H,1-3,5-6,11-13H2/t17-,18+,19-,20-/m0/s1. The zero-order valence-electron chi connectivity index (χ0n) is 13.6. The van der Waals surface area contributed by atoms with E-state index in [-0.39, 0.29) is 0 Å². The van der Waals surface area contributed by atoms with Gasteiger partial charge in [0.1, 0.15) is 0 Å². The van der Waals surface area contributed by atoms with Crippen molar-refractivity contribution >= 4 is 11.6 Å². The lowest BCUT2D eigenvalue weighted by atomic mass is 9.53. The first kappa shape index (κ1) is 15.7. The van der Waals surface area contributed by atoms with E-state index in [9.17, 15) is 0 Å². The van der Waals surface area contributed by atoms with Crippen molar-refractivity contribution in [1.29, 1.82) is 0 Å². The third-order valence-corrected chi connectivity index (χ3v) is 6.24. The summed E-state index contributed by atoms with van der Waals surface area (Å²) < 4.78 is 5.57. The summed E-state index contributed by atoms with van der Waals surface area (Å²) in [4.78, 5) is 0. The first-order valence-corrected chi connectivity index (χ1v) is 9.45. The van der Waals surface area contributed by atoms with Crippen LogP contribution in [0.25, 0.3) is 0 Å². The average molecular weight is 332 g/mol. The number of ether oxygens (including phenoxy) is 1. The van der Waals surface area contributed by atoms with Gasteiger partial charge in [-0.2, -0.15) is 0 Å². The Bertz CT molecular complexity index is 568. The molecule has 1 aromatic rings. The highest BCUT2D eigenvalue weighted by Crippen LogP contribution is 2.54. The van der Waals surface area contributed by atoms with Gasteiger partial charge in [0.05, 0.1) is 13.2 Å². The van der Waals surface area contributed by atoms with E-state index in [0.717, 1.165) is 43.0 Å². The number of nitrogens with one attached hydrogen (secondary N) is 1. The predicted molar refractivity (Wildman–Crippen MR) is 95.0 cm³/mol. The number of rotatable bonds is 4. The maximum Gasteiger partial charge on any atom is 0.0689 e. The van der Waals surface area contributed by atoms with Gasteiger partial charge < -0.3 is 10.1 Å². The van der Waals surface area contributed by atoms with E-state index in [1.807, 2.05) is 12.1 Å². The SMILES string of the molecule is Clc1ccc([C@H]2[C@H]3CCCC[C@H]3[C@@H]2NCC2=CCCOC2)cc1. The number of fused-ring (bicyclic) bond motifs is 1. The van der Waals surface area contributed by atoms with Crippen molar-refractivity contribution in [3.63, 3.8) is 0 Å². The van der Waals surface area contributed by atoms with Crippen molar-refractivity contribution in [3.8, 4) is 0 Å². The molecule has 4 atom stereocenters. The molecule has 23 heavy (non-hydrogen) atoms. The maximum absolute atomic E-state index is 6.08. The quantitative estimate of drug-likeness (QED) is 0.817. The molecule has 2 fully saturated rings. The second-order valence-corrected chi connectivity index (χ2v) is 7.74. The van der Waals surface area contributed by atoms with Crippen molar-refractivity contribution in [1.82, 2.24) is 5.32 Å². The highest BCUT2D eigenvalue weighted by molar-refractivity contribution is 6.30. The van der Waals surface area contributed by atoms with Gasteiger partial charge in [0.25, 0.3) is 0 Å². The Labute approximate surface area is 144 Å². The Morgan fingerprint density at radius 3 is 2.61 bits per heavy atom. The van der Waals surface area contributed by atoms with Crippen LogP contribution in [0.5, 0.6) is 0 Å². The van der Waals surface area contributed by atoms with Crippen molar-refractivity contribution in [2.24, 2.45) is 11.8 Å². The molecule has 3 heteroatoms. The molecule has 0 unspecified atom stereocenters. The predicted octanol–water partition coefficient (Wildman–Crippen LogP) is 4.55. The van der Waals surface area contributed by atoms with E-state index < -0.39 is 0 Å². The minimum atomic E-state index is 0.615. The molecule has 1 aliphatic heterocycles. The van der Waals surface area contributed by atoms with E-state index >= 15 is 0 Å². The Balaban J connectivity index is 1.48. The summed E-state index contributed by atoms with van der Waals surface area (Å²) in [5.74, 6) is 2.37. The van der Waals surface area contributed by atoms with Gasteiger partial charge in [0.15, 0.2) is 0 Å². The number of hydrogen-bond acceptors (Lipinski definition) is 2. The summed E-state index contributed by atoms with van der Waals surface area (Å²) >= 11 is 6.08. The van der Waals surface area contributed by atoms with E-state index in [4.69, 9.17) is 16.3 Å². The van der Waals surface area contributed by atoms with Gasteiger partial charge in [-0.1, -0.05) is 42.7 Å². The molecule has 1 aromatic carbocycles. The molecule has 1 N–H and O–H groups in total. The summed E-state index contributed by atoms with van der Waals surface area (Å²) in [7, 11) is 0. The molecule has 0 radical (unpaired) electrons. The molecule has 3 aliphatic rings. The van der Waals surface area contributed by atoms with Crippen molar-refractivity contribution in [3.05, 3.63) is 46.5 Å². The number of halogens is 1. The molecular formula is C20H26ClNO. The van der Waals surface area contributed by atoms with Crippen LogP contribution < -0.4 is 5.32 Å². The molecule has 0 amide bonds. The van der Waals surface area contributed by atoms with Crippen LogP contribution >= 0.6 is 11.6 Å². The normalized spacial score (nSPS) is 33.5. The van der Waals surface area contributed by atoms with Gasteiger partial charge in [0, 0.05) is 23.5 Å². The molecule has 4 rings (SSSR count). The monoisotopic (exact) mass is 331 g/mol. The van der Waals surface area contributed by atoms with Gasteiger partial charge in [0.2, 0.25) is 0 Å². The largest absolute Gasteiger partial charge is 0.377 e. The van der Waals surface area contributed by atoms with Gasteiger partial charge in [-0.25, -0.2) is 0 Å². The smallest absolute Gasteiger partial charge is 0.0689 e. The number of hydrogen-bond donors (Lipinski definition) is 1. The Morgan fingerprint density at radius 1 is 1.09 bits per heavy atom. The van der Waals surface area contributed by atoms with Crippen LogP contribution in [0.2, 0.25) is 5.02 Å². The van der Waals surface area contributed by atoms with Gasteiger partial charge in [-0.3, -0.25) is 0 Å². The highest BCUT2D eigenvalue weighted by atomic mass is 35.5. The fraction of sp³-hybridized carbons (Fsp3) is 0.600. The Hall–Kier alpha value is -0.830. The van der Waals surface area contributed by atoms with Gasteiger partial charge in [-0.15, -0.1) is 0 Å². The summed E-state index contributed by atoms with van der Waals surface area (Å²) in [5, 5.41) is 4.71. The van der Waals surface area contributed by atoms with Crippen molar-refractivity contribution in [2.45, 2.75) is 44.1 Å². The molecule has 1 heterocycles. The average Bonchev–Trinajstić information content (AvgIpc) is 2.59. The van der Waals surface area contributed by atoms with Crippen LogP contribution in [0, 0.1) is 11.8 Å². The Morgan fingerprint density at radius 2 is 1.87 bits per heavy atom. The molecule has 2 saturated carbocycles. The van der Waals surface area contributed by atoms with E-state index in [1.54, 1.807) is 0 Å². The van der Waals surface area contributed by atoms with E-state index in [2.05, 4.69) is 23.5 Å². The fourth-order valence-electron chi connectivity index (χ4n) is 4.87. The molecule has 0 aromatic heterocycles.